The molecule has 178 valence electrons. The fraction of sp³-hybridized carbons (Fsp3) is 0.520. The van der Waals surface area contributed by atoms with Gasteiger partial charge in [0, 0.05) is 28.7 Å². The predicted octanol–water partition coefficient (Wildman–Crippen LogP) is 5.08. The molecular formula is C25H32ClN3O3S. The number of anilines is 2. The first kappa shape index (κ1) is 24.2. The number of nitrogens with zero attached hydrogens (tertiary/aromatic N) is 1. The first-order chi connectivity index (χ1) is 15.7. The molecule has 1 aromatic heterocycles. The summed E-state index contributed by atoms with van der Waals surface area (Å²) in [6.45, 7) is 9.89. The van der Waals surface area contributed by atoms with E-state index in [1.54, 1.807) is 35.6 Å². The fourth-order valence-electron chi connectivity index (χ4n) is 4.51. The summed E-state index contributed by atoms with van der Waals surface area (Å²) in [7, 11) is 0. The lowest BCUT2D eigenvalue weighted by Crippen LogP contribution is -2.41. The Kier molecular flexibility index (Phi) is 7.43. The smallest absolute Gasteiger partial charge is 0.258 e. The van der Waals surface area contributed by atoms with E-state index in [4.69, 9.17) is 16.3 Å². The number of thiophene rings is 1. The highest BCUT2D eigenvalue weighted by molar-refractivity contribution is 7.17. The number of carbonyl (C=O) groups is 2. The molecule has 8 heteroatoms. The Hall–Kier alpha value is -1.93. The van der Waals surface area contributed by atoms with Crippen molar-refractivity contribution < 1.29 is 14.3 Å². The van der Waals surface area contributed by atoms with Gasteiger partial charge in [-0.3, -0.25) is 14.5 Å². The molecule has 1 aromatic carbocycles. The van der Waals surface area contributed by atoms with Crippen LogP contribution in [0.5, 0.6) is 0 Å². The summed E-state index contributed by atoms with van der Waals surface area (Å²) in [5.41, 5.74) is 2.56. The maximum Gasteiger partial charge on any atom is 0.258 e. The van der Waals surface area contributed by atoms with Gasteiger partial charge in [0.1, 0.15) is 5.00 Å². The summed E-state index contributed by atoms with van der Waals surface area (Å²) in [4.78, 5) is 29.5. The molecule has 2 heterocycles. The number of fused-ring (bicyclic) bond motifs is 1. The second-order valence-electron chi connectivity index (χ2n) is 9.91. The Morgan fingerprint density at radius 2 is 1.85 bits per heavy atom. The van der Waals surface area contributed by atoms with Gasteiger partial charge in [-0.25, -0.2) is 0 Å². The molecule has 1 saturated heterocycles. The van der Waals surface area contributed by atoms with Crippen molar-refractivity contribution in [2.24, 2.45) is 11.3 Å². The van der Waals surface area contributed by atoms with Crippen LogP contribution in [0.3, 0.4) is 0 Å². The topological polar surface area (TPSA) is 70.7 Å². The largest absolute Gasteiger partial charge is 0.379 e. The SMILES string of the molecule is CC(C)(C)[C@H]1CCc2c(sc(NC(=O)CN3CCOCC3)c2C(=O)Nc2ccc(Cl)cc2)C1. The molecule has 0 spiro atoms. The molecule has 0 saturated carbocycles. The van der Waals surface area contributed by atoms with E-state index in [1.165, 1.54) is 4.88 Å². The number of amides is 2. The molecule has 1 aliphatic heterocycles. The Balaban J connectivity index is 1.58. The standard InChI is InChI=1S/C25H32ClN3O3S/c1-25(2,3)16-4-9-19-20(14-16)33-24(28-21(30)15-29-10-12-32-13-11-29)22(19)23(31)27-18-7-5-17(26)6-8-18/h5-8,16H,4,9-15H2,1-3H3,(H,27,31)(H,28,30)/t16-/m0/s1. The summed E-state index contributed by atoms with van der Waals surface area (Å²) in [5.74, 6) is 0.266. The molecule has 0 bridgehead atoms. The number of carbonyl (C=O) groups excluding carboxylic acids is 2. The lowest BCUT2D eigenvalue weighted by molar-refractivity contribution is -0.118. The van der Waals surface area contributed by atoms with Gasteiger partial charge in [0.05, 0.1) is 25.3 Å². The Morgan fingerprint density at radius 3 is 2.52 bits per heavy atom. The van der Waals surface area contributed by atoms with Gasteiger partial charge in [-0.15, -0.1) is 11.3 Å². The Bertz CT molecular complexity index is 1010. The van der Waals surface area contributed by atoms with Crippen LogP contribution in [0.4, 0.5) is 10.7 Å². The number of hydrogen-bond acceptors (Lipinski definition) is 5. The number of benzene rings is 1. The summed E-state index contributed by atoms with van der Waals surface area (Å²) >= 11 is 7.54. The van der Waals surface area contributed by atoms with Crippen LogP contribution in [0.2, 0.25) is 5.02 Å². The van der Waals surface area contributed by atoms with E-state index in [0.29, 0.717) is 47.0 Å². The third kappa shape index (κ3) is 5.96. The summed E-state index contributed by atoms with van der Waals surface area (Å²) in [5, 5.41) is 7.32. The van der Waals surface area contributed by atoms with Gasteiger partial charge in [-0.1, -0.05) is 32.4 Å². The van der Waals surface area contributed by atoms with Gasteiger partial charge in [0.15, 0.2) is 0 Å². The molecule has 0 unspecified atom stereocenters. The third-order valence-corrected chi connectivity index (χ3v) is 7.96. The van der Waals surface area contributed by atoms with Crippen molar-refractivity contribution in [1.82, 2.24) is 4.90 Å². The van der Waals surface area contributed by atoms with E-state index < -0.39 is 0 Å². The van der Waals surface area contributed by atoms with E-state index in [-0.39, 0.29) is 17.2 Å². The molecule has 0 radical (unpaired) electrons. The van der Waals surface area contributed by atoms with Crippen molar-refractivity contribution in [3.8, 4) is 0 Å². The lowest BCUT2D eigenvalue weighted by atomic mass is 9.72. The second kappa shape index (κ2) is 10.1. The average Bonchev–Trinajstić information content (AvgIpc) is 3.12. The van der Waals surface area contributed by atoms with Gasteiger partial charge in [-0.05, 0) is 60.4 Å². The molecule has 2 amide bonds. The van der Waals surface area contributed by atoms with Gasteiger partial charge in [0.2, 0.25) is 5.91 Å². The molecule has 2 N–H and O–H groups in total. The summed E-state index contributed by atoms with van der Waals surface area (Å²) < 4.78 is 5.37. The van der Waals surface area contributed by atoms with Crippen molar-refractivity contribution in [2.75, 3.05) is 43.5 Å². The highest BCUT2D eigenvalue weighted by atomic mass is 35.5. The second-order valence-corrected chi connectivity index (χ2v) is 11.5. The van der Waals surface area contributed by atoms with E-state index in [2.05, 4.69) is 36.3 Å². The molecular weight excluding hydrogens is 458 g/mol. The minimum Gasteiger partial charge on any atom is -0.379 e. The van der Waals surface area contributed by atoms with Crippen LogP contribution >= 0.6 is 22.9 Å². The Labute approximate surface area is 204 Å². The van der Waals surface area contributed by atoms with Crippen LogP contribution in [0.1, 0.15) is 48.0 Å². The van der Waals surface area contributed by atoms with E-state index in [0.717, 1.165) is 37.9 Å². The number of rotatable bonds is 5. The van der Waals surface area contributed by atoms with Crippen molar-refractivity contribution in [3.63, 3.8) is 0 Å². The maximum atomic E-state index is 13.4. The molecule has 2 aliphatic rings. The fourth-order valence-corrected chi connectivity index (χ4v) is 5.98. The zero-order valence-corrected chi connectivity index (χ0v) is 21.1. The maximum absolute atomic E-state index is 13.4. The van der Waals surface area contributed by atoms with Crippen LogP contribution in [-0.2, 0) is 22.4 Å². The molecule has 1 fully saturated rings. The van der Waals surface area contributed by atoms with Gasteiger partial charge in [0.25, 0.3) is 5.91 Å². The number of nitrogens with one attached hydrogen (secondary N) is 2. The van der Waals surface area contributed by atoms with Crippen LogP contribution in [0.25, 0.3) is 0 Å². The quantitative estimate of drug-likeness (QED) is 0.614. The van der Waals surface area contributed by atoms with Crippen molar-refractivity contribution in [2.45, 2.75) is 40.0 Å². The van der Waals surface area contributed by atoms with Crippen molar-refractivity contribution >= 4 is 45.4 Å². The van der Waals surface area contributed by atoms with E-state index in [1.807, 2.05) is 0 Å². The highest BCUT2D eigenvalue weighted by Crippen LogP contribution is 2.44. The van der Waals surface area contributed by atoms with Gasteiger partial charge in [-0.2, -0.15) is 0 Å². The van der Waals surface area contributed by atoms with Crippen LogP contribution in [-0.4, -0.2) is 49.6 Å². The highest BCUT2D eigenvalue weighted by Gasteiger charge is 2.34. The zero-order chi connectivity index (χ0) is 23.6. The molecule has 1 atom stereocenters. The predicted molar refractivity (Wildman–Crippen MR) is 135 cm³/mol. The Morgan fingerprint density at radius 1 is 1.15 bits per heavy atom. The molecule has 33 heavy (non-hydrogen) atoms. The third-order valence-electron chi connectivity index (χ3n) is 6.54. The van der Waals surface area contributed by atoms with Crippen molar-refractivity contribution in [1.29, 1.82) is 0 Å². The van der Waals surface area contributed by atoms with E-state index in [9.17, 15) is 9.59 Å². The van der Waals surface area contributed by atoms with Gasteiger partial charge < -0.3 is 15.4 Å². The molecule has 2 aromatic rings. The normalized spacial score (nSPS) is 19.1. The zero-order valence-electron chi connectivity index (χ0n) is 19.5. The minimum atomic E-state index is -0.189. The van der Waals surface area contributed by atoms with Gasteiger partial charge >= 0.3 is 0 Å². The molecule has 1 aliphatic carbocycles. The molecule has 6 nitrogen and oxygen atoms in total. The number of hydrogen-bond donors (Lipinski definition) is 2. The number of ether oxygens (including phenoxy) is 1. The summed E-state index contributed by atoms with van der Waals surface area (Å²) in [6, 6.07) is 7.06. The summed E-state index contributed by atoms with van der Waals surface area (Å²) in [6.07, 6.45) is 2.82. The number of morpholine rings is 1. The van der Waals surface area contributed by atoms with E-state index >= 15 is 0 Å². The lowest BCUT2D eigenvalue weighted by Gasteiger charge is -2.33. The monoisotopic (exact) mass is 489 g/mol. The molecule has 4 rings (SSSR count). The number of halogens is 1. The van der Waals surface area contributed by atoms with Crippen molar-refractivity contribution in [3.05, 3.63) is 45.3 Å². The van der Waals surface area contributed by atoms with Crippen LogP contribution in [0, 0.1) is 11.3 Å². The first-order valence-electron chi connectivity index (χ1n) is 11.5. The van der Waals surface area contributed by atoms with Crippen LogP contribution in [0.15, 0.2) is 24.3 Å². The average molecular weight is 490 g/mol. The first-order valence-corrected chi connectivity index (χ1v) is 12.7. The van der Waals surface area contributed by atoms with Crippen LogP contribution < -0.4 is 10.6 Å². The minimum absolute atomic E-state index is 0.0941.